The fourth-order valence-electron chi connectivity index (χ4n) is 0.865. The highest BCUT2D eigenvalue weighted by Crippen LogP contribution is 2.30. The third kappa shape index (κ3) is 2.13. The van der Waals surface area contributed by atoms with Gasteiger partial charge in [0.05, 0.1) is 6.61 Å². The van der Waals surface area contributed by atoms with Crippen LogP contribution in [0.25, 0.3) is 0 Å². The molecule has 1 rings (SSSR count). The highest BCUT2D eigenvalue weighted by molar-refractivity contribution is 5.03. The summed E-state index contributed by atoms with van der Waals surface area (Å²) in [6, 6.07) is 0. The summed E-state index contributed by atoms with van der Waals surface area (Å²) in [4.78, 5) is 0. The van der Waals surface area contributed by atoms with Crippen LogP contribution in [0, 0.1) is 5.92 Å². The lowest BCUT2D eigenvalue weighted by Crippen LogP contribution is -2.21. The number of rotatable bonds is 0. The fraction of sp³-hybridized carbons (Fsp3) is 0.714. The van der Waals surface area contributed by atoms with Gasteiger partial charge in [0, 0.05) is 0 Å². The molecule has 0 saturated carbocycles. The first-order valence-corrected chi connectivity index (χ1v) is 3.40. The summed E-state index contributed by atoms with van der Waals surface area (Å²) in [6.07, 6.45) is -2.75. The van der Waals surface area contributed by atoms with Crippen molar-refractivity contribution in [3.8, 4) is 0 Å². The van der Waals surface area contributed by atoms with Crippen molar-refractivity contribution in [1.29, 1.82) is 0 Å². The minimum absolute atomic E-state index is 0.172. The van der Waals surface area contributed by atoms with Gasteiger partial charge in [0.25, 0.3) is 0 Å². The van der Waals surface area contributed by atoms with Crippen molar-refractivity contribution in [2.75, 3.05) is 6.61 Å². The first-order chi connectivity index (χ1) is 5.00. The van der Waals surface area contributed by atoms with Gasteiger partial charge in [-0.15, -0.1) is 0 Å². The summed E-state index contributed by atoms with van der Waals surface area (Å²) in [5.74, 6) is -0.642. The van der Waals surface area contributed by atoms with Crippen LogP contribution < -0.4 is 0 Å². The third-order valence-electron chi connectivity index (χ3n) is 1.51. The quantitative estimate of drug-likeness (QED) is 0.537. The van der Waals surface area contributed by atoms with Crippen molar-refractivity contribution < 1.29 is 17.9 Å². The second kappa shape index (κ2) is 2.75. The Morgan fingerprint density at radius 1 is 1.55 bits per heavy atom. The summed E-state index contributed by atoms with van der Waals surface area (Å²) in [6.45, 7) is 2.02. The lowest BCUT2D eigenvalue weighted by Gasteiger charge is -2.21. The Balaban J connectivity index is 2.62. The van der Waals surface area contributed by atoms with E-state index in [0.29, 0.717) is 6.42 Å². The van der Waals surface area contributed by atoms with Crippen LogP contribution in [0.4, 0.5) is 13.2 Å². The Morgan fingerprint density at radius 3 is 2.55 bits per heavy atom. The molecule has 1 nitrogen and oxygen atoms in total. The van der Waals surface area contributed by atoms with E-state index in [4.69, 9.17) is 0 Å². The van der Waals surface area contributed by atoms with Gasteiger partial charge in [-0.05, 0) is 18.4 Å². The van der Waals surface area contributed by atoms with Gasteiger partial charge in [-0.3, -0.25) is 0 Å². The normalized spacial score (nSPS) is 25.8. The Kier molecular flexibility index (Phi) is 2.11. The van der Waals surface area contributed by atoms with E-state index >= 15 is 0 Å². The number of alkyl halides is 3. The molecule has 4 heteroatoms. The van der Waals surface area contributed by atoms with Crippen LogP contribution in [-0.4, -0.2) is 12.8 Å². The van der Waals surface area contributed by atoms with Gasteiger partial charge in [-0.1, -0.05) is 6.92 Å². The summed E-state index contributed by atoms with van der Waals surface area (Å²) in [5.41, 5.74) is 0. The molecule has 0 fully saturated rings. The topological polar surface area (TPSA) is 9.23 Å². The van der Waals surface area contributed by atoms with E-state index in [1.165, 1.54) is 0 Å². The molecule has 1 heterocycles. The zero-order valence-corrected chi connectivity index (χ0v) is 6.11. The molecular formula is C7H9F3O. The van der Waals surface area contributed by atoms with Crippen molar-refractivity contribution in [3.05, 3.63) is 11.8 Å². The molecule has 1 atom stereocenters. The molecule has 0 spiro atoms. The van der Waals surface area contributed by atoms with Gasteiger partial charge < -0.3 is 4.74 Å². The highest BCUT2D eigenvalue weighted by Gasteiger charge is 2.37. The maximum Gasteiger partial charge on any atom is 0.448 e. The van der Waals surface area contributed by atoms with Crippen LogP contribution >= 0.6 is 0 Å². The Morgan fingerprint density at radius 2 is 2.18 bits per heavy atom. The maximum absolute atomic E-state index is 11.9. The van der Waals surface area contributed by atoms with Crippen molar-refractivity contribution in [2.45, 2.75) is 19.5 Å². The molecule has 0 aliphatic carbocycles. The standard InChI is InChI=1S/C7H9F3O/c1-5-2-3-6(11-4-5)7(8,9)10/h3,5H,2,4H2,1H3. The molecule has 0 bridgehead atoms. The van der Waals surface area contributed by atoms with E-state index in [1.807, 2.05) is 6.92 Å². The molecule has 0 saturated heterocycles. The second-order valence-electron chi connectivity index (χ2n) is 2.72. The van der Waals surface area contributed by atoms with Crippen LogP contribution in [-0.2, 0) is 4.74 Å². The molecule has 1 aliphatic rings. The molecule has 0 aromatic rings. The summed E-state index contributed by atoms with van der Waals surface area (Å²) in [5, 5.41) is 0. The molecule has 0 N–H and O–H groups in total. The molecule has 1 unspecified atom stereocenters. The van der Waals surface area contributed by atoms with Gasteiger partial charge in [0.2, 0.25) is 0 Å². The number of hydrogen-bond donors (Lipinski definition) is 0. The van der Waals surface area contributed by atoms with Crippen molar-refractivity contribution in [2.24, 2.45) is 5.92 Å². The van der Waals surface area contributed by atoms with Gasteiger partial charge in [-0.25, -0.2) is 0 Å². The molecule has 11 heavy (non-hydrogen) atoms. The van der Waals surface area contributed by atoms with Crippen LogP contribution in [0.2, 0.25) is 0 Å². The highest BCUT2D eigenvalue weighted by atomic mass is 19.4. The van der Waals surface area contributed by atoms with Crippen molar-refractivity contribution in [1.82, 2.24) is 0 Å². The van der Waals surface area contributed by atoms with Crippen LogP contribution in [0.5, 0.6) is 0 Å². The largest absolute Gasteiger partial charge is 0.489 e. The average molecular weight is 166 g/mol. The predicted molar refractivity (Wildman–Crippen MR) is 33.9 cm³/mol. The lowest BCUT2D eigenvalue weighted by atomic mass is 10.1. The monoisotopic (exact) mass is 166 g/mol. The SMILES string of the molecule is CC1CC=C(C(F)(F)F)OC1. The molecule has 1 aliphatic heterocycles. The summed E-state index contributed by atoms with van der Waals surface area (Å²) in [7, 11) is 0. The van der Waals surface area contributed by atoms with Gasteiger partial charge in [-0.2, -0.15) is 13.2 Å². The van der Waals surface area contributed by atoms with Crippen molar-refractivity contribution >= 4 is 0 Å². The first kappa shape index (κ1) is 8.43. The number of halogens is 3. The molecule has 0 amide bonds. The Bertz CT molecular complexity index is 171. The van der Waals surface area contributed by atoms with Crippen LogP contribution in [0.1, 0.15) is 13.3 Å². The fourth-order valence-corrected chi connectivity index (χ4v) is 0.865. The minimum Gasteiger partial charge on any atom is -0.489 e. The second-order valence-corrected chi connectivity index (χ2v) is 2.72. The summed E-state index contributed by atoms with van der Waals surface area (Å²) < 4.78 is 40.1. The van der Waals surface area contributed by atoms with Crippen LogP contribution in [0.3, 0.4) is 0 Å². The maximum atomic E-state index is 11.9. The van der Waals surface area contributed by atoms with Crippen LogP contribution in [0.15, 0.2) is 11.8 Å². The third-order valence-corrected chi connectivity index (χ3v) is 1.51. The number of allylic oxidation sites excluding steroid dienone is 2. The van der Waals surface area contributed by atoms with Gasteiger partial charge in [0.15, 0.2) is 5.76 Å². The first-order valence-electron chi connectivity index (χ1n) is 3.40. The van der Waals surface area contributed by atoms with E-state index in [-0.39, 0.29) is 12.5 Å². The molecule has 0 aromatic heterocycles. The molecule has 64 valence electrons. The minimum atomic E-state index is -4.31. The zero-order chi connectivity index (χ0) is 8.48. The zero-order valence-electron chi connectivity index (χ0n) is 6.11. The van der Waals surface area contributed by atoms with E-state index in [2.05, 4.69) is 4.74 Å². The van der Waals surface area contributed by atoms with E-state index in [0.717, 1.165) is 6.08 Å². The smallest absolute Gasteiger partial charge is 0.448 e. The van der Waals surface area contributed by atoms with E-state index < -0.39 is 11.9 Å². The molecular weight excluding hydrogens is 157 g/mol. The Hall–Kier alpha value is -0.670. The number of hydrogen-bond acceptors (Lipinski definition) is 1. The Labute approximate surface area is 62.8 Å². The van der Waals surface area contributed by atoms with Crippen molar-refractivity contribution in [3.63, 3.8) is 0 Å². The van der Waals surface area contributed by atoms with E-state index in [9.17, 15) is 13.2 Å². The molecule has 0 aromatic carbocycles. The number of ether oxygens (including phenoxy) is 1. The van der Waals surface area contributed by atoms with Gasteiger partial charge in [0.1, 0.15) is 0 Å². The van der Waals surface area contributed by atoms with Gasteiger partial charge >= 0.3 is 6.18 Å². The predicted octanol–water partition coefficient (Wildman–Crippen LogP) is 2.49. The lowest BCUT2D eigenvalue weighted by molar-refractivity contribution is -0.136. The summed E-state index contributed by atoms with van der Waals surface area (Å²) >= 11 is 0. The van der Waals surface area contributed by atoms with E-state index in [1.54, 1.807) is 0 Å². The molecule has 0 radical (unpaired) electrons. The average Bonchev–Trinajstić information content (AvgIpc) is 1.86.